The molecule has 0 radical (unpaired) electrons. The van der Waals surface area contributed by atoms with Gasteiger partial charge in [0, 0.05) is 24.7 Å². The molecule has 8 N–H and O–H groups in total. The van der Waals surface area contributed by atoms with Crippen LogP contribution in [-0.2, 0) is 38.4 Å². The number of nitrogens with zero attached hydrogens (tertiary/aromatic N) is 1. The third-order valence-corrected chi connectivity index (χ3v) is 6.48. The average molecular weight is 565 g/mol. The molecule has 0 aliphatic rings. The molecule has 218 valence electrons. The second-order valence-electron chi connectivity index (χ2n) is 10.1. The van der Waals surface area contributed by atoms with E-state index >= 15 is 0 Å². The first-order valence-corrected chi connectivity index (χ1v) is 13.2. The number of rotatable bonds is 14. The molecule has 1 heterocycles. The highest BCUT2D eigenvalue weighted by Crippen LogP contribution is 2.12. The Bertz CT molecular complexity index is 1300. The number of benzene rings is 2. The molecule has 0 aliphatic carbocycles. The molecule has 0 saturated carbocycles. The van der Waals surface area contributed by atoms with Crippen LogP contribution in [0.1, 0.15) is 30.7 Å². The van der Waals surface area contributed by atoms with E-state index in [1.54, 1.807) is 56.3 Å². The fourth-order valence-corrected chi connectivity index (χ4v) is 4.18. The van der Waals surface area contributed by atoms with E-state index in [2.05, 4.69) is 25.9 Å². The van der Waals surface area contributed by atoms with Crippen LogP contribution in [0.4, 0.5) is 0 Å². The first-order valence-electron chi connectivity index (χ1n) is 13.2. The number of H-pyrrole nitrogens is 1. The monoisotopic (exact) mass is 564 g/mol. The lowest BCUT2D eigenvalue weighted by Crippen LogP contribution is -2.59. The van der Waals surface area contributed by atoms with Gasteiger partial charge < -0.3 is 36.9 Å². The van der Waals surface area contributed by atoms with Gasteiger partial charge in [-0.05, 0) is 35.6 Å². The number of carboxylic acid groups (broad SMARTS) is 1. The van der Waals surface area contributed by atoms with Gasteiger partial charge in [-0.25, -0.2) is 9.78 Å². The SMILES string of the molecule is CC(C)C(NC(=O)C(Cc1cnc[nH]1)NC(=O)C(N)Cc1ccc(O)cc1)C(=O)NC(Cc1ccccc1)C(=O)O. The van der Waals surface area contributed by atoms with Gasteiger partial charge >= 0.3 is 5.97 Å². The number of phenolic OH excluding ortho intramolecular Hbond substituents is 1. The van der Waals surface area contributed by atoms with Crippen molar-refractivity contribution in [2.45, 2.75) is 57.3 Å². The minimum absolute atomic E-state index is 0.0433. The third kappa shape index (κ3) is 9.46. The van der Waals surface area contributed by atoms with Crippen LogP contribution >= 0.6 is 0 Å². The van der Waals surface area contributed by atoms with Crippen LogP contribution in [0.5, 0.6) is 5.75 Å². The number of nitrogens with two attached hydrogens (primary N) is 1. The number of phenols is 1. The molecule has 0 bridgehead atoms. The number of imidazole rings is 1. The van der Waals surface area contributed by atoms with Crippen molar-refractivity contribution in [1.29, 1.82) is 0 Å². The molecule has 2 aromatic carbocycles. The topological polar surface area (TPSA) is 200 Å². The number of aromatic hydroxyl groups is 1. The van der Waals surface area contributed by atoms with E-state index in [4.69, 9.17) is 5.73 Å². The zero-order valence-corrected chi connectivity index (χ0v) is 22.9. The van der Waals surface area contributed by atoms with Gasteiger partial charge in [-0.3, -0.25) is 14.4 Å². The molecule has 3 rings (SSSR count). The highest BCUT2D eigenvalue weighted by Gasteiger charge is 2.32. The van der Waals surface area contributed by atoms with Gasteiger partial charge in [0.05, 0.1) is 12.4 Å². The number of amides is 3. The van der Waals surface area contributed by atoms with Crippen LogP contribution in [0.15, 0.2) is 67.1 Å². The number of aromatic nitrogens is 2. The number of hydrogen-bond acceptors (Lipinski definition) is 7. The maximum Gasteiger partial charge on any atom is 0.326 e. The van der Waals surface area contributed by atoms with E-state index in [1.807, 2.05) is 0 Å². The summed E-state index contributed by atoms with van der Waals surface area (Å²) in [6.07, 6.45) is 3.22. The average Bonchev–Trinajstić information content (AvgIpc) is 3.45. The van der Waals surface area contributed by atoms with Crippen molar-refractivity contribution >= 4 is 23.7 Å². The summed E-state index contributed by atoms with van der Waals surface area (Å²) in [5, 5.41) is 27.0. The Kier molecular flexibility index (Phi) is 11.0. The molecular formula is C29H36N6O6. The third-order valence-electron chi connectivity index (χ3n) is 6.48. The molecule has 4 unspecified atom stereocenters. The normalized spacial score (nSPS) is 14.0. The summed E-state index contributed by atoms with van der Waals surface area (Å²) < 4.78 is 0. The molecular weight excluding hydrogens is 528 g/mol. The molecule has 3 aromatic rings. The Morgan fingerprint density at radius 3 is 2.05 bits per heavy atom. The zero-order valence-electron chi connectivity index (χ0n) is 22.9. The van der Waals surface area contributed by atoms with E-state index in [0.717, 1.165) is 11.1 Å². The van der Waals surface area contributed by atoms with Gasteiger partial charge in [0.1, 0.15) is 23.9 Å². The standard InChI is InChI=1S/C29H36N6O6/c1-17(2)25(28(39)34-24(29(40)41)13-18-6-4-3-5-7-18)35-27(38)23(14-20-15-31-16-32-20)33-26(37)22(30)12-19-8-10-21(36)11-9-19/h3-11,15-17,22-25,36H,12-14,30H2,1-2H3,(H,31,32)(H,33,37)(H,34,39)(H,35,38)(H,40,41). The van der Waals surface area contributed by atoms with Crippen LogP contribution in [-0.4, -0.2) is 68.0 Å². The van der Waals surface area contributed by atoms with E-state index < -0.39 is 53.8 Å². The maximum absolute atomic E-state index is 13.4. The van der Waals surface area contributed by atoms with Crippen LogP contribution < -0.4 is 21.7 Å². The number of hydrogen-bond donors (Lipinski definition) is 7. The Hall–Kier alpha value is -4.71. The molecule has 1 aromatic heterocycles. The van der Waals surface area contributed by atoms with E-state index in [1.165, 1.54) is 24.7 Å². The Morgan fingerprint density at radius 2 is 1.46 bits per heavy atom. The molecule has 12 heteroatoms. The number of carbonyl (C=O) groups is 4. The largest absolute Gasteiger partial charge is 0.508 e. The fourth-order valence-electron chi connectivity index (χ4n) is 4.18. The van der Waals surface area contributed by atoms with Crippen LogP contribution in [0, 0.1) is 5.92 Å². The van der Waals surface area contributed by atoms with Crippen molar-refractivity contribution < 1.29 is 29.4 Å². The Balaban J connectivity index is 1.71. The van der Waals surface area contributed by atoms with Gasteiger partial charge in [0.25, 0.3) is 0 Å². The summed E-state index contributed by atoms with van der Waals surface area (Å²) in [5.41, 5.74) is 8.13. The molecule has 0 saturated heterocycles. The van der Waals surface area contributed by atoms with E-state index in [0.29, 0.717) is 5.69 Å². The maximum atomic E-state index is 13.4. The molecule has 0 fully saturated rings. The van der Waals surface area contributed by atoms with Crippen LogP contribution in [0.3, 0.4) is 0 Å². The van der Waals surface area contributed by atoms with Crippen molar-refractivity contribution in [3.8, 4) is 5.75 Å². The highest BCUT2D eigenvalue weighted by molar-refractivity contribution is 5.94. The molecule has 12 nitrogen and oxygen atoms in total. The second kappa shape index (κ2) is 14.6. The lowest BCUT2D eigenvalue weighted by atomic mass is 10.00. The molecule has 41 heavy (non-hydrogen) atoms. The van der Waals surface area contributed by atoms with Crippen molar-refractivity contribution in [2.75, 3.05) is 0 Å². The van der Waals surface area contributed by atoms with Gasteiger partial charge in [-0.15, -0.1) is 0 Å². The molecule has 4 atom stereocenters. The highest BCUT2D eigenvalue weighted by atomic mass is 16.4. The number of aromatic amines is 1. The van der Waals surface area contributed by atoms with Gasteiger partial charge in [0.2, 0.25) is 17.7 Å². The summed E-state index contributed by atoms with van der Waals surface area (Å²) in [6.45, 7) is 3.43. The minimum Gasteiger partial charge on any atom is -0.508 e. The zero-order chi connectivity index (χ0) is 29.9. The fraction of sp³-hybridized carbons (Fsp3) is 0.345. The summed E-state index contributed by atoms with van der Waals surface area (Å²) in [5.74, 6) is -3.41. The number of carbonyl (C=O) groups excluding carboxylic acids is 3. The molecule has 3 amide bonds. The number of nitrogens with one attached hydrogen (secondary N) is 4. The smallest absolute Gasteiger partial charge is 0.326 e. The molecule has 0 spiro atoms. The quantitative estimate of drug-likeness (QED) is 0.148. The number of aliphatic carboxylic acids is 1. The first kappa shape index (κ1) is 30.8. The predicted molar refractivity (Wildman–Crippen MR) is 150 cm³/mol. The van der Waals surface area contributed by atoms with Crippen molar-refractivity contribution in [3.63, 3.8) is 0 Å². The summed E-state index contributed by atoms with van der Waals surface area (Å²) >= 11 is 0. The minimum atomic E-state index is -1.21. The van der Waals surface area contributed by atoms with E-state index in [-0.39, 0.29) is 25.0 Å². The van der Waals surface area contributed by atoms with E-state index in [9.17, 15) is 29.4 Å². The second-order valence-corrected chi connectivity index (χ2v) is 10.1. The number of carboxylic acids is 1. The van der Waals surface area contributed by atoms with Crippen LogP contribution in [0.25, 0.3) is 0 Å². The Morgan fingerprint density at radius 1 is 0.829 bits per heavy atom. The van der Waals surface area contributed by atoms with Gasteiger partial charge in [-0.1, -0.05) is 56.3 Å². The van der Waals surface area contributed by atoms with Crippen molar-refractivity contribution in [3.05, 3.63) is 83.9 Å². The van der Waals surface area contributed by atoms with Crippen LogP contribution in [0.2, 0.25) is 0 Å². The van der Waals surface area contributed by atoms with Gasteiger partial charge in [-0.2, -0.15) is 0 Å². The lowest BCUT2D eigenvalue weighted by molar-refractivity contribution is -0.142. The van der Waals surface area contributed by atoms with Crippen molar-refractivity contribution in [2.24, 2.45) is 11.7 Å². The van der Waals surface area contributed by atoms with Gasteiger partial charge in [0.15, 0.2) is 0 Å². The molecule has 0 aliphatic heterocycles. The lowest BCUT2D eigenvalue weighted by Gasteiger charge is -2.27. The summed E-state index contributed by atoms with van der Waals surface area (Å²) in [4.78, 5) is 58.3. The predicted octanol–water partition coefficient (Wildman–Crippen LogP) is 0.666. The Labute approximate surface area is 237 Å². The first-order chi connectivity index (χ1) is 19.5. The summed E-state index contributed by atoms with van der Waals surface area (Å²) in [7, 11) is 0. The van der Waals surface area contributed by atoms with Crippen molar-refractivity contribution in [1.82, 2.24) is 25.9 Å². The summed E-state index contributed by atoms with van der Waals surface area (Å²) in [6, 6.07) is 10.8.